The summed E-state index contributed by atoms with van der Waals surface area (Å²) in [4.78, 5) is 13.8. The molecule has 1 aromatic heterocycles. The number of unbranched alkanes of at least 4 members (excludes halogenated alkanes) is 1. The summed E-state index contributed by atoms with van der Waals surface area (Å²) in [5.74, 6) is -0.206. The summed E-state index contributed by atoms with van der Waals surface area (Å²) in [5.41, 5.74) is 0.871. The molecule has 1 heterocycles. The number of carbonyl (C=O) groups is 1. The first-order valence-electron chi connectivity index (χ1n) is 7.32. The van der Waals surface area contributed by atoms with E-state index in [1.807, 2.05) is 0 Å². The van der Waals surface area contributed by atoms with Gasteiger partial charge < -0.3 is 10.2 Å². The summed E-state index contributed by atoms with van der Waals surface area (Å²) in [7, 11) is 1.74. The first-order valence-corrected chi connectivity index (χ1v) is 7.70. The van der Waals surface area contributed by atoms with Gasteiger partial charge in [-0.2, -0.15) is 0 Å². The SMILES string of the molecule is CCCCN(C)C(=O)c1ccc(Nc2ccc(F)c(Cl)c2)nn1. The predicted molar refractivity (Wildman–Crippen MR) is 88.6 cm³/mol. The molecule has 0 saturated carbocycles. The summed E-state index contributed by atoms with van der Waals surface area (Å²) in [5, 5.41) is 10.9. The summed E-state index contributed by atoms with van der Waals surface area (Å²) >= 11 is 5.72. The van der Waals surface area contributed by atoms with Gasteiger partial charge in [0.05, 0.1) is 5.02 Å². The van der Waals surface area contributed by atoms with Crippen LogP contribution in [-0.4, -0.2) is 34.6 Å². The number of benzene rings is 1. The molecule has 0 aliphatic rings. The lowest BCUT2D eigenvalue weighted by Crippen LogP contribution is -2.28. The molecular weight excluding hydrogens is 319 g/mol. The standard InChI is InChI=1S/C16H18ClFN4O/c1-3-4-9-22(2)16(23)14-7-8-15(21-20-14)19-11-5-6-13(18)12(17)10-11/h5-8,10H,3-4,9H2,1-2H3,(H,19,21). The molecule has 0 fully saturated rings. The Hall–Kier alpha value is -2.21. The van der Waals surface area contributed by atoms with E-state index in [9.17, 15) is 9.18 Å². The van der Waals surface area contributed by atoms with Crippen LogP contribution in [0.2, 0.25) is 5.02 Å². The third-order valence-electron chi connectivity index (χ3n) is 3.27. The van der Waals surface area contributed by atoms with Crippen molar-refractivity contribution >= 4 is 29.0 Å². The van der Waals surface area contributed by atoms with E-state index in [0.29, 0.717) is 18.1 Å². The molecule has 7 heteroatoms. The number of hydrogen-bond donors (Lipinski definition) is 1. The topological polar surface area (TPSA) is 58.1 Å². The summed E-state index contributed by atoms with van der Waals surface area (Å²) < 4.78 is 13.1. The van der Waals surface area contributed by atoms with Crippen LogP contribution >= 0.6 is 11.6 Å². The van der Waals surface area contributed by atoms with E-state index in [1.54, 1.807) is 30.1 Å². The molecule has 0 aliphatic heterocycles. The highest BCUT2D eigenvalue weighted by Gasteiger charge is 2.13. The van der Waals surface area contributed by atoms with Gasteiger partial charge in [0, 0.05) is 19.3 Å². The van der Waals surface area contributed by atoms with E-state index in [4.69, 9.17) is 11.6 Å². The van der Waals surface area contributed by atoms with Crippen molar-refractivity contribution in [2.75, 3.05) is 18.9 Å². The van der Waals surface area contributed by atoms with Crippen molar-refractivity contribution in [2.45, 2.75) is 19.8 Å². The molecule has 1 aromatic carbocycles. The molecule has 0 aliphatic carbocycles. The zero-order valence-corrected chi connectivity index (χ0v) is 13.8. The Bertz CT molecular complexity index is 678. The zero-order chi connectivity index (χ0) is 16.8. The van der Waals surface area contributed by atoms with Gasteiger partial charge in [0.2, 0.25) is 0 Å². The van der Waals surface area contributed by atoms with Crippen LogP contribution in [0.4, 0.5) is 15.9 Å². The molecule has 122 valence electrons. The Balaban J connectivity index is 2.04. The molecule has 2 aromatic rings. The Labute approximate surface area is 139 Å². The lowest BCUT2D eigenvalue weighted by molar-refractivity contribution is 0.0786. The van der Waals surface area contributed by atoms with Crippen LogP contribution in [0.15, 0.2) is 30.3 Å². The summed E-state index contributed by atoms with van der Waals surface area (Å²) in [6.07, 6.45) is 1.97. The van der Waals surface area contributed by atoms with Crippen molar-refractivity contribution in [1.82, 2.24) is 15.1 Å². The monoisotopic (exact) mass is 336 g/mol. The molecule has 0 bridgehead atoms. The highest BCUT2D eigenvalue weighted by atomic mass is 35.5. The molecule has 0 unspecified atom stereocenters. The summed E-state index contributed by atoms with van der Waals surface area (Å²) in [6.45, 7) is 2.76. The predicted octanol–water partition coefficient (Wildman–Crippen LogP) is 3.88. The van der Waals surface area contributed by atoms with E-state index in [2.05, 4.69) is 22.4 Å². The van der Waals surface area contributed by atoms with Gasteiger partial charge in [-0.05, 0) is 36.8 Å². The maximum atomic E-state index is 13.1. The van der Waals surface area contributed by atoms with E-state index in [0.717, 1.165) is 12.8 Å². The third-order valence-corrected chi connectivity index (χ3v) is 3.56. The van der Waals surface area contributed by atoms with Gasteiger partial charge in [-0.1, -0.05) is 24.9 Å². The van der Waals surface area contributed by atoms with Crippen molar-refractivity contribution in [3.63, 3.8) is 0 Å². The van der Waals surface area contributed by atoms with Gasteiger partial charge in [-0.3, -0.25) is 4.79 Å². The highest BCUT2D eigenvalue weighted by Crippen LogP contribution is 2.21. The number of aromatic nitrogens is 2. The normalized spacial score (nSPS) is 10.4. The van der Waals surface area contributed by atoms with E-state index in [1.165, 1.54) is 12.1 Å². The maximum Gasteiger partial charge on any atom is 0.274 e. The van der Waals surface area contributed by atoms with E-state index < -0.39 is 5.82 Å². The molecule has 5 nitrogen and oxygen atoms in total. The fraction of sp³-hybridized carbons (Fsp3) is 0.312. The number of nitrogens with zero attached hydrogens (tertiary/aromatic N) is 3. The highest BCUT2D eigenvalue weighted by molar-refractivity contribution is 6.31. The number of anilines is 2. The molecule has 0 spiro atoms. The summed E-state index contributed by atoms with van der Waals surface area (Å²) in [6, 6.07) is 7.51. The molecule has 1 N–H and O–H groups in total. The smallest absolute Gasteiger partial charge is 0.274 e. The van der Waals surface area contributed by atoms with Crippen LogP contribution in [0.25, 0.3) is 0 Å². The van der Waals surface area contributed by atoms with Crippen molar-refractivity contribution in [3.05, 3.63) is 46.9 Å². The Kier molecular flexibility index (Phi) is 5.87. The van der Waals surface area contributed by atoms with Crippen molar-refractivity contribution < 1.29 is 9.18 Å². The minimum atomic E-state index is -0.487. The Morgan fingerprint density at radius 2 is 2.09 bits per heavy atom. The van der Waals surface area contributed by atoms with Crippen LogP contribution in [-0.2, 0) is 0 Å². The number of hydrogen-bond acceptors (Lipinski definition) is 4. The molecule has 0 atom stereocenters. The van der Waals surface area contributed by atoms with Crippen LogP contribution < -0.4 is 5.32 Å². The third kappa shape index (κ3) is 4.63. The Morgan fingerprint density at radius 3 is 2.70 bits per heavy atom. The Morgan fingerprint density at radius 1 is 1.30 bits per heavy atom. The molecule has 0 radical (unpaired) electrons. The first-order chi connectivity index (χ1) is 11.0. The van der Waals surface area contributed by atoms with Gasteiger partial charge in [-0.15, -0.1) is 10.2 Å². The maximum absolute atomic E-state index is 13.1. The molecule has 23 heavy (non-hydrogen) atoms. The number of carbonyl (C=O) groups excluding carboxylic acids is 1. The second kappa shape index (κ2) is 7.87. The van der Waals surface area contributed by atoms with Gasteiger partial charge in [0.15, 0.2) is 11.5 Å². The minimum Gasteiger partial charge on any atom is -0.340 e. The quantitative estimate of drug-likeness (QED) is 0.869. The van der Waals surface area contributed by atoms with Crippen molar-refractivity contribution in [2.24, 2.45) is 0 Å². The number of rotatable bonds is 6. The fourth-order valence-corrected chi connectivity index (χ4v) is 2.11. The van der Waals surface area contributed by atoms with Gasteiger partial charge >= 0.3 is 0 Å². The second-order valence-corrected chi connectivity index (χ2v) is 5.55. The molecule has 0 saturated heterocycles. The van der Waals surface area contributed by atoms with Gasteiger partial charge in [-0.25, -0.2) is 4.39 Å². The van der Waals surface area contributed by atoms with E-state index >= 15 is 0 Å². The second-order valence-electron chi connectivity index (χ2n) is 5.14. The first kappa shape index (κ1) is 17.1. The lowest BCUT2D eigenvalue weighted by atomic mass is 10.3. The van der Waals surface area contributed by atoms with Crippen molar-refractivity contribution in [3.8, 4) is 0 Å². The number of halogens is 2. The minimum absolute atomic E-state index is 0.0207. The lowest BCUT2D eigenvalue weighted by Gasteiger charge is -2.15. The molecule has 1 amide bonds. The van der Waals surface area contributed by atoms with Crippen LogP contribution in [0.3, 0.4) is 0 Å². The fourth-order valence-electron chi connectivity index (χ4n) is 1.93. The molecule has 2 rings (SSSR count). The zero-order valence-electron chi connectivity index (χ0n) is 13.0. The average molecular weight is 337 g/mol. The van der Waals surface area contributed by atoms with Gasteiger partial charge in [0.1, 0.15) is 5.82 Å². The van der Waals surface area contributed by atoms with Gasteiger partial charge in [0.25, 0.3) is 5.91 Å². The average Bonchev–Trinajstić information content (AvgIpc) is 2.56. The van der Waals surface area contributed by atoms with Crippen LogP contribution in [0.1, 0.15) is 30.3 Å². The number of amides is 1. The van der Waals surface area contributed by atoms with Crippen LogP contribution in [0, 0.1) is 5.82 Å². The van der Waals surface area contributed by atoms with Crippen LogP contribution in [0.5, 0.6) is 0 Å². The van der Waals surface area contributed by atoms with Crippen molar-refractivity contribution in [1.29, 1.82) is 0 Å². The molecular formula is C16H18ClFN4O. The van der Waals surface area contributed by atoms with E-state index in [-0.39, 0.29) is 16.6 Å². The largest absolute Gasteiger partial charge is 0.340 e. The number of nitrogens with one attached hydrogen (secondary N) is 1.